The second kappa shape index (κ2) is 4.76. The Kier molecular flexibility index (Phi) is 3.16. The maximum absolute atomic E-state index is 10.7. The van der Waals surface area contributed by atoms with Crippen LogP contribution >= 0.6 is 0 Å². The van der Waals surface area contributed by atoms with Gasteiger partial charge in [-0.1, -0.05) is 30.3 Å². The first-order valence-corrected chi connectivity index (χ1v) is 5.83. The summed E-state index contributed by atoms with van der Waals surface area (Å²) < 4.78 is 21.6. The van der Waals surface area contributed by atoms with Crippen molar-refractivity contribution < 1.29 is 8.42 Å². The molecule has 2 rings (SSSR count). The third-order valence-electron chi connectivity index (χ3n) is 2.12. The Morgan fingerprint density at radius 3 is 2.56 bits per heavy atom. The molecule has 0 saturated carbocycles. The minimum absolute atomic E-state index is 0.154. The molecule has 1 N–H and O–H groups in total. The summed E-state index contributed by atoms with van der Waals surface area (Å²) in [6.07, 6.45) is 2.08. The maximum Gasteiger partial charge on any atom is 0.238 e. The summed E-state index contributed by atoms with van der Waals surface area (Å²) in [5.41, 5.74) is 1.08. The van der Waals surface area contributed by atoms with Crippen LogP contribution in [0.5, 0.6) is 0 Å². The van der Waals surface area contributed by atoms with Crippen molar-refractivity contribution in [1.29, 1.82) is 0 Å². The van der Waals surface area contributed by atoms with Crippen LogP contribution in [0.1, 0.15) is 11.4 Å². The molecule has 16 heavy (non-hydrogen) atoms. The Balaban J connectivity index is 2.37. The molecular formula is C11H10N2O2S. The van der Waals surface area contributed by atoms with Crippen LogP contribution in [0.3, 0.4) is 0 Å². The fourth-order valence-electron chi connectivity index (χ4n) is 1.39. The van der Waals surface area contributed by atoms with Crippen LogP contribution in [0.4, 0.5) is 0 Å². The van der Waals surface area contributed by atoms with Gasteiger partial charge in [-0.2, -0.15) is 8.42 Å². The molecule has 0 unspecified atom stereocenters. The standard InChI is InChI=1S/C11H10N2O2S/c14-16(15)11-6-7-12-10(13-11)8-9-4-2-1-3-5-9/h1-7H,8H2,(H,12,13). The predicted octanol–water partition coefficient (Wildman–Crippen LogP) is 1.41. The Morgan fingerprint density at radius 1 is 1.12 bits per heavy atom. The maximum atomic E-state index is 10.7. The van der Waals surface area contributed by atoms with E-state index in [1.165, 1.54) is 12.3 Å². The molecule has 0 fully saturated rings. The van der Waals surface area contributed by atoms with Gasteiger partial charge < -0.3 is 4.98 Å². The predicted molar refractivity (Wildman–Crippen MR) is 60.0 cm³/mol. The summed E-state index contributed by atoms with van der Waals surface area (Å²) in [5, 5.41) is 0. The quantitative estimate of drug-likeness (QED) is 0.799. The van der Waals surface area contributed by atoms with Gasteiger partial charge in [-0.15, -0.1) is 0 Å². The van der Waals surface area contributed by atoms with Gasteiger partial charge in [0.05, 0.1) is 0 Å². The lowest BCUT2D eigenvalue weighted by Gasteiger charge is -1.99. The molecule has 2 aromatic rings. The lowest BCUT2D eigenvalue weighted by molar-refractivity contribution is 0.624. The number of nitrogens with zero attached hydrogens (tertiary/aromatic N) is 1. The highest BCUT2D eigenvalue weighted by Gasteiger charge is 1.96. The summed E-state index contributed by atoms with van der Waals surface area (Å²) in [5.74, 6) is 0.632. The molecule has 0 atom stereocenters. The van der Waals surface area contributed by atoms with Crippen molar-refractivity contribution in [3.8, 4) is 0 Å². The fourth-order valence-corrected chi connectivity index (χ4v) is 1.76. The van der Waals surface area contributed by atoms with Gasteiger partial charge in [0.15, 0.2) is 4.64 Å². The van der Waals surface area contributed by atoms with Crippen LogP contribution in [0.25, 0.3) is 0 Å². The monoisotopic (exact) mass is 234 g/mol. The van der Waals surface area contributed by atoms with Crippen LogP contribution in [-0.4, -0.2) is 18.4 Å². The second-order valence-electron chi connectivity index (χ2n) is 3.28. The zero-order valence-electron chi connectivity index (χ0n) is 8.42. The molecule has 0 aliphatic heterocycles. The van der Waals surface area contributed by atoms with Crippen LogP contribution in [0.15, 0.2) is 42.6 Å². The zero-order valence-corrected chi connectivity index (χ0v) is 9.24. The highest BCUT2D eigenvalue weighted by atomic mass is 32.2. The molecule has 1 aromatic heterocycles. The van der Waals surface area contributed by atoms with Crippen molar-refractivity contribution in [2.75, 3.05) is 0 Å². The lowest BCUT2D eigenvalue weighted by Crippen LogP contribution is -1.96. The van der Waals surface area contributed by atoms with Crippen molar-refractivity contribution in [2.45, 2.75) is 6.42 Å². The van der Waals surface area contributed by atoms with Gasteiger partial charge in [-0.25, -0.2) is 4.98 Å². The molecule has 1 heterocycles. The number of aromatic nitrogens is 2. The molecule has 5 heteroatoms. The molecule has 1 aromatic carbocycles. The van der Waals surface area contributed by atoms with Gasteiger partial charge in [0.1, 0.15) is 5.82 Å². The Morgan fingerprint density at radius 2 is 1.88 bits per heavy atom. The van der Waals surface area contributed by atoms with E-state index in [1.54, 1.807) is 0 Å². The zero-order chi connectivity index (χ0) is 11.4. The summed E-state index contributed by atoms with van der Waals surface area (Å²) >= 11 is 0. The third-order valence-corrected chi connectivity index (χ3v) is 2.71. The van der Waals surface area contributed by atoms with Crippen LogP contribution in [0, 0.1) is 4.64 Å². The normalized spacial score (nSPS) is 10.0. The lowest BCUT2D eigenvalue weighted by atomic mass is 10.1. The fraction of sp³-hybridized carbons (Fsp3) is 0.0909. The average molecular weight is 234 g/mol. The molecular weight excluding hydrogens is 224 g/mol. The number of hydrogen-bond acceptors (Lipinski definition) is 3. The van der Waals surface area contributed by atoms with Crippen molar-refractivity contribution in [2.24, 2.45) is 0 Å². The minimum atomic E-state index is -2.24. The highest BCUT2D eigenvalue weighted by Crippen LogP contribution is 2.03. The molecule has 0 aliphatic carbocycles. The van der Waals surface area contributed by atoms with E-state index in [4.69, 9.17) is 0 Å². The highest BCUT2D eigenvalue weighted by molar-refractivity contribution is 7.63. The van der Waals surface area contributed by atoms with Gasteiger partial charge in [0.2, 0.25) is 10.3 Å². The van der Waals surface area contributed by atoms with Gasteiger partial charge in [-0.05, 0) is 11.6 Å². The van der Waals surface area contributed by atoms with Gasteiger partial charge in [-0.3, -0.25) is 0 Å². The van der Waals surface area contributed by atoms with Gasteiger partial charge in [0.25, 0.3) is 0 Å². The largest absolute Gasteiger partial charge is 0.331 e. The third kappa shape index (κ3) is 2.58. The Labute approximate surface area is 94.2 Å². The molecule has 0 amide bonds. The molecule has 4 nitrogen and oxygen atoms in total. The summed E-state index contributed by atoms with van der Waals surface area (Å²) in [4.78, 5) is 6.86. The van der Waals surface area contributed by atoms with E-state index in [0.29, 0.717) is 12.2 Å². The number of nitrogens with one attached hydrogen (secondary N) is 1. The average Bonchev–Trinajstić information content (AvgIpc) is 2.30. The van der Waals surface area contributed by atoms with E-state index in [2.05, 4.69) is 9.97 Å². The van der Waals surface area contributed by atoms with Crippen molar-refractivity contribution in [3.63, 3.8) is 0 Å². The Hall–Kier alpha value is -1.88. The SMILES string of the molecule is O=S(=O)=c1ccnc(Cc2ccccc2)[nH]1. The van der Waals surface area contributed by atoms with E-state index in [-0.39, 0.29) is 4.64 Å². The van der Waals surface area contributed by atoms with E-state index < -0.39 is 10.3 Å². The summed E-state index contributed by atoms with van der Waals surface area (Å²) in [6.45, 7) is 0. The van der Waals surface area contributed by atoms with Crippen molar-refractivity contribution in [3.05, 3.63) is 58.6 Å². The van der Waals surface area contributed by atoms with E-state index in [0.717, 1.165) is 5.56 Å². The first kappa shape index (κ1) is 10.6. The van der Waals surface area contributed by atoms with Gasteiger partial charge >= 0.3 is 0 Å². The number of aromatic amines is 1. The first-order chi connectivity index (χ1) is 7.75. The molecule has 82 valence electrons. The van der Waals surface area contributed by atoms with Gasteiger partial charge in [0, 0.05) is 12.6 Å². The molecule has 0 saturated heterocycles. The van der Waals surface area contributed by atoms with Crippen LogP contribution in [0.2, 0.25) is 0 Å². The second-order valence-corrected chi connectivity index (χ2v) is 4.19. The molecule has 0 bridgehead atoms. The minimum Gasteiger partial charge on any atom is -0.331 e. The van der Waals surface area contributed by atoms with E-state index in [1.807, 2.05) is 30.3 Å². The smallest absolute Gasteiger partial charge is 0.238 e. The first-order valence-electron chi connectivity index (χ1n) is 4.76. The van der Waals surface area contributed by atoms with Crippen LogP contribution in [-0.2, 0) is 16.7 Å². The number of hydrogen-bond donors (Lipinski definition) is 1. The van der Waals surface area contributed by atoms with Crippen molar-refractivity contribution in [1.82, 2.24) is 9.97 Å². The number of benzene rings is 1. The summed E-state index contributed by atoms with van der Waals surface area (Å²) in [7, 11) is -2.24. The van der Waals surface area contributed by atoms with E-state index in [9.17, 15) is 8.42 Å². The molecule has 0 spiro atoms. The topological polar surface area (TPSA) is 62.8 Å². The Bertz CT molecular complexity index is 637. The molecule has 0 radical (unpaired) electrons. The number of rotatable bonds is 2. The number of H-pyrrole nitrogens is 1. The summed E-state index contributed by atoms with van der Waals surface area (Å²) in [6, 6.07) is 11.2. The molecule has 0 aliphatic rings. The van der Waals surface area contributed by atoms with E-state index >= 15 is 0 Å². The van der Waals surface area contributed by atoms with Crippen LogP contribution < -0.4 is 0 Å². The van der Waals surface area contributed by atoms with Crippen molar-refractivity contribution >= 4 is 10.3 Å².